The molecule has 0 saturated carbocycles. The van der Waals surface area contributed by atoms with E-state index in [1.165, 1.54) is 11.8 Å². The summed E-state index contributed by atoms with van der Waals surface area (Å²) in [6, 6.07) is 17.8. The molecule has 3 aliphatic rings. The molecule has 1 amide bonds. The van der Waals surface area contributed by atoms with Gasteiger partial charge in [0.25, 0.3) is 5.91 Å². The van der Waals surface area contributed by atoms with Gasteiger partial charge in [-0.3, -0.25) is 19.3 Å². The molecule has 1 aliphatic carbocycles. The average Bonchev–Trinajstić information content (AvgIpc) is 3.47. The summed E-state index contributed by atoms with van der Waals surface area (Å²) in [7, 11) is 1.64. The Morgan fingerprint density at radius 3 is 2.16 bits per heavy atom. The van der Waals surface area contributed by atoms with Crippen molar-refractivity contribution in [1.82, 2.24) is 4.90 Å². The Morgan fingerprint density at radius 2 is 1.47 bits per heavy atom. The lowest BCUT2D eigenvalue weighted by atomic mass is 9.84. The first-order valence-electron chi connectivity index (χ1n) is 12.2. The summed E-state index contributed by atoms with van der Waals surface area (Å²) in [6.07, 6.45) is 0. The number of methoxy groups -OCH3 is 1. The number of hydrogen-bond acceptors (Lipinski definition) is 8. The van der Waals surface area contributed by atoms with Crippen LogP contribution in [0.5, 0.6) is 5.75 Å². The van der Waals surface area contributed by atoms with E-state index in [4.69, 9.17) is 9.73 Å². The topological polar surface area (TPSA) is 79.3 Å². The number of nitrogens with zero attached hydrogens (tertiary/aromatic N) is 3. The summed E-state index contributed by atoms with van der Waals surface area (Å²) in [5, 5.41) is 1.41. The highest BCUT2D eigenvalue weighted by atomic mass is 32.2. The van der Waals surface area contributed by atoms with Crippen LogP contribution in [0.15, 0.2) is 80.5 Å². The maximum atomic E-state index is 13.5. The molecule has 9 heteroatoms. The van der Waals surface area contributed by atoms with Crippen molar-refractivity contribution in [1.29, 1.82) is 0 Å². The van der Waals surface area contributed by atoms with E-state index in [0.29, 0.717) is 51.1 Å². The molecule has 38 heavy (non-hydrogen) atoms. The lowest BCUT2D eigenvalue weighted by Gasteiger charge is -2.19. The van der Waals surface area contributed by atoms with Crippen LogP contribution in [0.2, 0.25) is 0 Å². The van der Waals surface area contributed by atoms with Crippen molar-refractivity contribution in [2.45, 2.75) is 18.7 Å². The molecule has 0 unspecified atom stereocenters. The van der Waals surface area contributed by atoms with Crippen molar-refractivity contribution in [3.63, 3.8) is 0 Å². The normalized spacial score (nSPS) is 19.2. The third-order valence-corrected chi connectivity index (χ3v) is 9.11. The number of likely N-dealkylation sites (N-methyl/N-ethyl adjacent to an activating group) is 1. The Labute approximate surface area is 228 Å². The molecule has 0 radical (unpaired) electrons. The molecule has 3 aromatic carbocycles. The van der Waals surface area contributed by atoms with Gasteiger partial charge in [-0.15, -0.1) is 0 Å². The van der Waals surface area contributed by atoms with Crippen molar-refractivity contribution >= 4 is 57.5 Å². The first-order chi connectivity index (χ1) is 18.4. The van der Waals surface area contributed by atoms with Crippen molar-refractivity contribution in [2.75, 3.05) is 25.1 Å². The second kappa shape index (κ2) is 9.49. The smallest absolute Gasteiger partial charge is 0.269 e. The average molecular weight is 542 g/mol. The zero-order chi connectivity index (χ0) is 26.6. The van der Waals surface area contributed by atoms with Crippen LogP contribution in [0.25, 0.3) is 0 Å². The van der Waals surface area contributed by atoms with Gasteiger partial charge in [0, 0.05) is 46.3 Å². The molecule has 0 aromatic heterocycles. The number of ketones is 2. The Morgan fingerprint density at radius 1 is 0.789 bits per heavy atom. The largest absolute Gasteiger partial charge is 0.497 e. The fourth-order valence-corrected chi connectivity index (χ4v) is 7.27. The van der Waals surface area contributed by atoms with E-state index in [0.717, 1.165) is 21.4 Å². The van der Waals surface area contributed by atoms with Gasteiger partial charge in [-0.25, -0.2) is 4.99 Å². The van der Waals surface area contributed by atoms with Crippen LogP contribution >= 0.6 is 23.5 Å². The highest BCUT2D eigenvalue weighted by Crippen LogP contribution is 2.51. The number of benzene rings is 3. The quantitative estimate of drug-likeness (QED) is 0.300. The molecular weight excluding hydrogens is 518 g/mol. The predicted octanol–water partition coefficient (Wildman–Crippen LogP) is 5.85. The van der Waals surface area contributed by atoms with E-state index in [9.17, 15) is 14.4 Å². The zero-order valence-corrected chi connectivity index (χ0v) is 22.6. The fourth-order valence-electron chi connectivity index (χ4n) is 4.84. The SMILES string of the molecule is CCN1C(=O)/C(=C2/Sc3ccc(OC)cc3N2CC)SC1=Nc1ccc2c(c1)C(=O)c1ccccc1C2=O. The van der Waals surface area contributed by atoms with Crippen LogP contribution in [0, 0.1) is 0 Å². The van der Waals surface area contributed by atoms with Crippen LogP contribution < -0.4 is 9.64 Å². The number of rotatable bonds is 4. The summed E-state index contributed by atoms with van der Waals surface area (Å²) >= 11 is 2.90. The monoisotopic (exact) mass is 541 g/mol. The number of anilines is 1. The summed E-state index contributed by atoms with van der Waals surface area (Å²) < 4.78 is 5.41. The van der Waals surface area contributed by atoms with Crippen LogP contribution in [0.4, 0.5) is 11.4 Å². The molecule has 0 bridgehead atoms. The number of amidine groups is 1. The maximum absolute atomic E-state index is 13.5. The van der Waals surface area contributed by atoms with E-state index in [2.05, 4.69) is 11.8 Å². The first-order valence-corrected chi connectivity index (χ1v) is 13.9. The van der Waals surface area contributed by atoms with Gasteiger partial charge in [-0.1, -0.05) is 36.0 Å². The molecule has 0 atom stereocenters. The van der Waals surface area contributed by atoms with Gasteiger partial charge < -0.3 is 9.64 Å². The zero-order valence-electron chi connectivity index (χ0n) is 21.0. The molecule has 0 spiro atoms. The van der Waals surface area contributed by atoms with Gasteiger partial charge in [0.15, 0.2) is 16.7 Å². The summed E-state index contributed by atoms with van der Waals surface area (Å²) in [5.41, 5.74) is 3.05. The number of hydrogen-bond donors (Lipinski definition) is 0. The molecule has 6 rings (SSSR count). The summed E-state index contributed by atoms with van der Waals surface area (Å²) in [4.78, 5) is 49.9. The minimum absolute atomic E-state index is 0.102. The van der Waals surface area contributed by atoms with E-state index < -0.39 is 0 Å². The summed E-state index contributed by atoms with van der Waals surface area (Å²) in [6.45, 7) is 5.11. The molecule has 2 heterocycles. The molecule has 3 aromatic rings. The van der Waals surface area contributed by atoms with Crippen LogP contribution in [0.3, 0.4) is 0 Å². The standard InChI is InChI=1S/C29H23N3O4S2/c1-4-31-22-15-17(36-3)11-13-23(22)37-28(31)26-27(35)32(5-2)29(38-26)30-16-10-12-20-21(14-16)25(34)19-9-7-6-8-18(19)24(20)33/h6-15H,4-5H2,1-3H3/b28-26-,30-29?. The molecule has 2 aliphatic heterocycles. The molecule has 1 saturated heterocycles. The summed E-state index contributed by atoms with van der Waals surface area (Å²) in [5.74, 6) is 0.294. The van der Waals surface area contributed by atoms with Crippen LogP contribution in [0.1, 0.15) is 45.7 Å². The highest BCUT2D eigenvalue weighted by Gasteiger charge is 2.39. The van der Waals surface area contributed by atoms with E-state index in [1.54, 1.807) is 66.2 Å². The number of amides is 1. The lowest BCUT2D eigenvalue weighted by molar-refractivity contribution is -0.122. The molecule has 7 nitrogen and oxygen atoms in total. The van der Waals surface area contributed by atoms with Crippen molar-refractivity contribution in [3.05, 3.63) is 92.9 Å². The van der Waals surface area contributed by atoms with Gasteiger partial charge in [0.05, 0.1) is 18.5 Å². The Kier molecular flexibility index (Phi) is 6.12. The van der Waals surface area contributed by atoms with Gasteiger partial charge >= 0.3 is 0 Å². The third-order valence-electron chi connectivity index (χ3n) is 6.73. The fraction of sp³-hybridized carbons (Fsp3) is 0.172. The number of fused-ring (bicyclic) bond motifs is 3. The molecule has 1 fully saturated rings. The maximum Gasteiger partial charge on any atom is 0.269 e. The Bertz CT molecular complexity index is 1610. The second-order valence-electron chi connectivity index (χ2n) is 8.79. The van der Waals surface area contributed by atoms with E-state index >= 15 is 0 Å². The minimum atomic E-state index is -0.198. The molecule has 0 N–H and O–H groups in total. The van der Waals surface area contributed by atoms with Gasteiger partial charge in [-0.05, 0) is 55.9 Å². The number of carbonyl (C=O) groups is 3. The Hall–Kier alpha value is -3.82. The van der Waals surface area contributed by atoms with Crippen LogP contribution in [-0.2, 0) is 4.79 Å². The second-order valence-corrected chi connectivity index (χ2v) is 10.8. The third kappa shape index (κ3) is 3.76. The molecular formula is C29H23N3O4S2. The number of ether oxygens (including phenoxy) is 1. The van der Waals surface area contributed by atoms with Crippen molar-refractivity contribution < 1.29 is 19.1 Å². The number of aliphatic imine (C=N–C) groups is 1. The van der Waals surface area contributed by atoms with Crippen LogP contribution in [-0.4, -0.2) is 47.7 Å². The van der Waals surface area contributed by atoms with E-state index in [-0.39, 0.29) is 17.5 Å². The Balaban J connectivity index is 1.37. The number of carbonyl (C=O) groups excluding carboxylic acids is 3. The van der Waals surface area contributed by atoms with Gasteiger partial charge in [-0.2, -0.15) is 0 Å². The number of thioether (sulfide) groups is 2. The first kappa shape index (κ1) is 24.5. The lowest BCUT2D eigenvalue weighted by Crippen LogP contribution is -2.29. The van der Waals surface area contributed by atoms with Crippen molar-refractivity contribution in [3.8, 4) is 5.75 Å². The molecule has 190 valence electrons. The highest BCUT2D eigenvalue weighted by molar-refractivity contribution is 8.19. The van der Waals surface area contributed by atoms with Gasteiger partial charge in [0.2, 0.25) is 0 Å². The van der Waals surface area contributed by atoms with E-state index in [1.807, 2.05) is 25.1 Å². The van der Waals surface area contributed by atoms with Crippen molar-refractivity contribution in [2.24, 2.45) is 4.99 Å². The predicted molar refractivity (Wildman–Crippen MR) is 151 cm³/mol. The van der Waals surface area contributed by atoms with Gasteiger partial charge in [0.1, 0.15) is 15.7 Å². The minimum Gasteiger partial charge on any atom is -0.497 e.